The summed E-state index contributed by atoms with van der Waals surface area (Å²) in [7, 11) is 0. The number of nitrogens with zero attached hydrogens (tertiary/aromatic N) is 1. The molecule has 1 fully saturated rings. The maximum absolute atomic E-state index is 3.64. The Kier molecular flexibility index (Phi) is 3.06. The molecular weight excluding hydrogens is 208 g/mol. The lowest BCUT2D eigenvalue weighted by Gasteiger charge is -2.34. The van der Waals surface area contributed by atoms with E-state index in [2.05, 4.69) is 41.4 Å². The van der Waals surface area contributed by atoms with Crippen molar-refractivity contribution < 1.29 is 0 Å². The van der Waals surface area contributed by atoms with E-state index < -0.39 is 0 Å². The van der Waals surface area contributed by atoms with Crippen LogP contribution in [0.2, 0.25) is 0 Å². The van der Waals surface area contributed by atoms with Gasteiger partial charge in [-0.3, -0.25) is 0 Å². The highest BCUT2D eigenvalue weighted by atomic mass is 15.2. The molecule has 0 aromatic heterocycles. The minimum Gasteiger partial charge on any atom is -0.370 e. The maximum atomic E-state index is 3.64. The van der Waals surface area contributed by atoms with Crippen LogP contribution in [0.1, 0.15) is 25.3 Å². The maximum Gasteiger partial charge on any atom is 0.0399 e. The lowest BCUT2D eigenvalue weighted by Crippen LogP contribution is -2.42. The molecule has 0 spiro atoms. The monoisotopic (exact) mass is 230 g/mol. The largest absolute Gasteiger partial charge is 0.370 e. The predicted molar refractivity (Wildman–Crippen MR) is 72.5 cm³/mol. The van der Waals surface area contributed by atoms with Crippen molar-refractivity contribution in [2.45, 2.75) is 32.2 Å². The van der Waals surface area contributed by atoms with Crippen LogP contribution in [0.4, 0.5) is 5.69 Å². The van der Waals surface area contributed by atoms with Crippen molar-refractivity contribution >= 4 is 5.69 Å². The first-order chi connectivity index (χ1) is 8.34. The Morgan fingerprint density at radius 2 is 2.24 bits per heavy atom. The van der Waals surface area contributed by atoms with Crippen molar-refractivity contribution in [1.82, 2.24) is 5.32 Å². The second-order valence-corrected chi connectivity index (χ2v) is 5.50. The molecule has 0 aliphatic carbocycles. The molecule has 1 aromatic rings. The average molecular weight is 230 g/mol. The van der Waals surface area contributed by atoms with Crippen molar-refractivity contribution in [3.8, 4) is 0 Å². The third-order valence-corrected chi connectivity index (χ3v) is 4.32. The lowest BCUT2D eigenvalue weighted by molar-refractivity contribution is 0.469. The standard InChI is InChI=1S/C15H22N2/c1-12-8-9-16-14(12)11-17-10-4-6-13-5-2-3-7-15(13)17/h2-3,5,7,12,14,16H,4,6,8-11H2,1H3. The minimum absolute atomic E-state index is 0.682. The molecule has 1 saturated heterocycles. The van der Waals surface area contributed by atoms with Gasteiger partial charge in [-0.15, -0.1) is 0 Å². The quantitative estimate of drug-likeness (QED) is 0.839. The van der Waals surface area contributed by atoms with Crippen LogP contribution in [0.5, 0.6) is 0 Å². The van der Waals surface area contributed by atoms with Crippen molar-refractivity contribution in [1.29, 1.82) is 0 Å². The Morgan fingerprint density at radius 1 is 1.35 bits per heavy atom. The Bertz CT molecular complexity index is 388. The molecule has 3 rings (SSSR count). The average Bonchev–Trinajstić information content (AvgIpc) is 2.76. The van der Waals surface area contributed by atoms with Crippen LogP contribution in [0, 0.1) is 5.92 Å². The van der Waals surface area contributed by atoms with Gasteiger partial charge in [-0.2, -0.15) is 0 Å². The summed E-state index contributed by atoms with van der Waals surface area (Å²) in [5.41, 5.74) is 3.00. The van der Waals surface area contributed by atoms with Gasteiger partial charge in [0.25, 0.3) is 0 Å². The van der Waals surface area contributed by atoms with Crippen LogP contribution < -0.4 is 10.2 Å². The molecule has 2 unspecified atom stereocenters. The van der Waals surface area contributed by atoms with Crippen molar-refractivity contribution in [3.05, 3.63) is 29.8 Å². The lowest BCUT2D eigenvalue weighted by atomic mass is 9.98. The topological polar surface area (TPSA) is 15.3 Å². The summed E-state index contributed by atoms with van der Waals surface area (Å²) in [6.45, 7) is 5.97. The molecule has 92 valence electrons. The van der Waals surface area contributed by atoms with E-state index in [0.717, 1.165) is 5.92 Å². The Labute approximate surface area is 104 Å². The van der Waals surface area contributed by atoms with Gasteiger partial charge in [-0.25, -0.2) is 0 Å². The number of hydrogen-bond acceptors (Lipinski definition) is 2. The van der Waals surface area contributed by atoms with E-state index in [-0.39, 0.29) is 0 Å². The number of fused-ring (bicyclic) bond motifs is 1. The fourth-order valence-electron chi connectivity index (χ4n) is 3.18. The highest BCUT2D eigenvalue weighted by Crippen LogP contribution is 2.28. The van der Waals surface area contributed by atoms with Crippen LogP contribution in [0.3, 0.4) is 0 Å². The number of benzene rings is 1. The smallest absolute Gasteiger partial charge is 0.0399 e. The molecule has 2 atom stereocenters. The summed E-state index contributed by atoms with van der Waals surface area (Å²) in [4.78, 5) is 2.58. The zero-order valence-corrected chi connectivity index (χ0v) is 10.7. The van der Waals surface area contributed by atoms with Crippen LogP contribution in [0.25, 0.3) is 0 Å². The van der Waals surface area contributed by atoms with Crippen molar-refractivity contribution in [2.24, 2.45) is 5.92 Å². The highest BCUT2D eigenvalue weighted by Gasteiger charge is 2.26. The molecule has 0 bridgehead atoms. The molecule has 1 N–H and O–H groups in total. The molecule has 2 aliphatic rings. The molecule has 1 aromatic carbocycles. The second kappa shape index (κ2) is 4.69. The first-order valence-electron chi connectivity index (χ1n) is 6.91. The van der Waals surface area contributed by atoms with Crippen LogP contribution in [0.15, 0.2) is 24.3 Å². The van der Waals surface area contributed by atoms with E-state index in [0.29, 0.717) is 6.04 Å². The van der Waals surface area contributed by atoms with Gasteiger partial charge in [-0.1, -0.05) is 25.1 Å². The van der Waals surface area contributed by atoms with Gasteiger partial charge >= 0.3 is 0 Å². The van der Waals surface area contributed by atoms with Gasteiger partial charge in [0.1, 0.15) is 0 Å². The first-order valence-corrected chi connectivity index (χ1v) is 6.91. The Balaban J connectivity index is 1.76. The van der Waals surface area contributed by atoms with Crippen LogP contribution in [-0.2, 0) is 6.42 Å². The molecule has 0 saturated carbocycles. The molecule has 17 heavy (non-hydrogen) atoms. The Morgan fingerprint density at radius 3 is 3.06 bits per heavy atom. The first kappa shape index (κ1) is 11.1. The third-order valence-electron chi connectivity index (χ3n) is 4.32. The molecule has 2 nitrogen and oxygen atoms in total. The highest BCUT2D eigenvalue weighted by molar-refractivity contribution is 5.55. The number of para-hydroxylation sites is 1. The van der Waals surface area contributed by atoms with Gasteiger partial charge in [0.2, 0.25) is 0 Å². The van der Waals surface area contributed by atoms with Crippen molar-refractivity contribution in [3.63, 3.8) is 0 Å². The summed E-state index contributed by atoms with van der Waals surface area (Å²) in [5, 5.41) is 3.64. The zero-order valence-electron chi connectivity index (χ0n) is 10.7. The second-order valence-electron chi connectivity index (χ2n) is 5.50. The summed E-state index contributed by atoms with van der Waals surface area (Å²) >= 11 is 0. The van der Waals surface area contributed by atoms with Crippen LogP contribution >= 0.6 is 0 Å². The van der Waals surface area contributed by atoms with E-state index in [9.17, 15) is 0 Å². The summed E-state index contributed by atoms with van der Waals surface area (Å²) in [6.07, 6.45) is 3.89. The van der Waals surface area contributed by atoms with Gasteiger partial charge < -0.3 is 10.2 Å². The van der Waals surface area contributed by atoms with E-state index >= 15 is 0 Å². The van der Waals surface area contributed by atoms with Gasteiger partial charge in [-0.05, 0) is 43.4 Å². The van der Waals surface area contributed by atoms with Gasteiger partial charge in [0.15, 0.2) is 0 Å². The number of rotatable bonds is 2. The van der Waals surface area contributed by atoms with Gasteiger partial charge in [0, 0.05) is 24.8 Å². The zero-order chi connectivity index (χ0) is 11.7. The molecule has 0 amide bonds. The van der Waals surface area contributed by atoms with E-state index in [4.69, 9.17) is 0 Å². The van der Waals surface area contributed by atoms with E-state index in [1.165, 1.54) is 50.1 Å². The van der Waals surface area contributed by atoms with Gasteiger partial charge in [0.05, 0.1) is 0 Å². The number of anilines is 1. The fraction of sp³-hybridized carbons (Fsp3) is 0.600. The predicted octanol–water partition coefficient (Wildman–Crippen LogP) is 2.44. The minimum atomic E-state index is 0.682. The van der Waals surface area contributed by atoms with Crippen LogP contribution in [-0.4, -0.2) is 25.7 Å². The molecule has 2 aliphatic heterocycles. The normalized spacial score (nSPS) is 28.2. The summed E-state index contributed by atoms with van der Waals surface area (Å²) in [5.74, 6) is 0.823. The molecule has 2 heterocycles. The third kappa shape index (κ3) is 2.19. The van der Waals surface area contributed by atoms with Crippen molar-refractivity contribution in [2.75, 3.05) is 24.5 Å². The SMILES string of the molecule is CC1CCNC1CN1CCCc2ccccc21. The number of nitrogens with one attached hydrogen (secondary N) is 1. The number of aryl methyl sites for hydroxylation is 1. The Hall–Kier alpha value is -1.02. The van der Waals surface area contributed by atoms with E-state index in [1.54, 1.807) is 0 Å². The van der Waals surface area contributed by atoms with E-state index in [1.807, 2.05) is 0 Å². The summed E-state index contributed by atoms with van der Waals surface area (Å²) < 4.78 is 0. The summed E-state index contributed by atoms with van der Waals surface area (Å²) in [6, 6.07) is 9.59. The fourth-order valence-corrected chi connectivity index (χ4v) is 3.18. The number of hydrogen-bond donors (Lipinski definition) is 1. The molecular formula is C15H22N2. The molecule has 0 radical (unpaired) electrons. The molecule has 2 heteroatoms.